The Labute approximate surface area is 107 Å². The first-order valence-corrected chi connectivity index (χ1v) is 5.76. The molecule has 0 atom stereocenters. The number of hydrogen-bond donors (Lipinski definition) is 2. The Kier molecular flexibility index (Phi) is 5.53. The summed E-state index contributed by atoms with van der Waals surface area (Å²) in [6.07, 6.45) is 0. The van der Waals surface area contributed by atoms with E-state index in [-0.39, 0.29) is 0 Å². The fourth-order valence-corrected chi connectivity index (χ4v) is 1.36. The second-order valence-corrected chi connectivity index (χ2v) is 3.87. The molecule has 102 valence electrons. The largest absolute Gasteiger partial charge is 0.383 e. The van der Waals surface area contributed by atoms with E-state index in [0.717, 1.165) is 6.54 Å². The van der Waals surface area contributed by atoms with Crippen LogP contribution < -0.4 is 21.1 Å². The van der Waals surface area contributed by atoms with Crippen LogP contribution in [0.15, 0.2) is 0 Å². The summed E-state index contributed by atoms with van der Waals surface area (Å²) < 4.78 is 5.07. The van der Waals surface area contributed by atoms with Crippen molar-refractivity contribution in [3.63, 3.8) is 0 Å². The summed E-state index contributed by atoms with van der Waals surface area (Å²) in [4.78, 5) is 16.6. The molecule has 18 heavy (non-hydrogen) atoms. The number of nitrogens with zero attached hydrogens (tertiary/aromatic N) is 5. The number of nitrogens with one attached hydrogen (secondary N) is 1. The summed E-state index contributed by atoms with van der Waals surface area (Å²) in [5, 5.41) is 0. The normalized spacial score (nSPS) is 10.3. The van der Waals surface area contributed by atoms with Gasteiger partial charge in [-0.05, 0) is 6.92 Å². The Balaban J connectivity index is 3.00. The maximum Gasteiger partial charge on any atom is 0.243 e. The van der Waals surface area contributed by atoms with Gasteiger partial charge in [-0.1, -0.05) is 0 Å². The van der Waals surface area contributed by atoms with E-state index in [1.807, 2.05) is 25.9 Å². The molecule has 0 saturated heterocycles. The summed E-state index contributed by atoms with van der Waals surface area (Å²) >= 11 is 0. The molecule has 0 aliphatic heterocycles. The lowest BCUT2D eigenvalue weighted by Crippen LogP contribution is -2.30. The first-order chi connectivity index (χ1) is 8.62. The van der Waals surface area contributed by atoms with Gasteiger partial charge in [0.25, 0.3) is 0 Å². The van der Waals surface area contributed by atoms with Gasteiger partial charge >= 0.3 is 0 Å². The van der Waals surface area contributed by atoms with Crippen molar-refractivity contribution in [1.82, 2.24) is 15.0 Å². The third-order valence-corrected chi connectivity index (χ3v) is 2.37. The Bertz CT molecular complexity index is 371. The minimum Gasteiger partial charge on any atom is -0.383 e. The highest BCUT2D eigenvalue weighted by Gasteiger charge is 2.12. The van der Waals surface area contributed by atoms with Crippen LogP contribution in [0.1, 0.15) is 6.92 Å². The van der Waals surface area contributed by atoms with Crippen molar-refractivity contribution in [2.45, 2.75) is 6.92 Å². The third kappa shape index (κ3) is 3.67. The van der Waals surface area contributed by atoms with E-state index >= 15 is 0 Å². The molecule has 8 nitrogen and oxygen atoms in total. The molecule has 1 heterocycles. The maximum absolute atomic E-state index is 5.36. The van der Waals surface area contributed by atoms with Crippen LogP contribution in [-0.2, 0) is 4.74 Å². The average molecular weight is 255 g/mol. The van der Waals surface area contributed by atoms with Gasteiger partial charge in [0.05, 0.1) is 6.61 Å². The van der Waals surface area contributed by atoms with Gasteiger partial charge in [-0.15, -0.1) is 0 Å². The number of ether oxygens (including phenoxy) is 1. The minimum atomic E-state index is 0.347. The van der Waals surface area contributed by atoms with Gasteiger partial charge in [0, 0.05) is 34.3 Å². The molecule has 1 rings (SSSR count). The maximum atomic E-state index is 5.36. The number of aromatic nitrogens is 3. The molecule has 0 amide bonds. The van der Waals surface area contributed by atoms with Gasteiger partial charge in [-0.2, -0.15) is 15.0 Å². The summed E-state index contributed by atoms with van der Waals surface area (Å²) in [6, 6.07) is 0. The van der Waals surface area contributed by atoms with E-state index in [2.05, 4.69) is 20.4 Å². The highest BCUT2D eigenvalue weighted by Crippen LogP contribution is 2.14. The number of hydrazine groups is 1. The van der Waals surface area contributed by atoms with Crippen molar-refractivity contribution in [1.29, 1.82) is 0 Å². The molecule has 0 spiro atoms. The Hall–Kier alpha value is -1.67. The molecule has 1 aromatic rings. The molecular weight excluding hydrogens is 234 g/mol. The van der Waals surface area contributed by atoms with E-state index in [9.17, 15) is 0 Å². The van der Waals surface area contributed by atoms with E-state index in [4.69, 9.17) is 10.6 Å². The third-order valence-electron chi connectivity index (χ3n) is 2.37. The molecule has 0 aliphatic rings. The number of nitrogen functional groups attached to an aromatic ring is 1. The number of methoxy groups -OCH3 is 1. The zero-order valence-electron chi connectivity index (χ0n) is 11.3. The predicted octanol–water partition coefficient (Wildman–Crippen LogP) is -0.304. The number of nitrogens with two attached hydrogens (primary N) is 1. The molecule has 0 aliphatic carbocycles. The Morgan fingerprint density at radius 1 is 1.22 bits per heavy atom. The SMILES string of the molecule is CCN(CCOC)c1nc(NN)nc(N(C)C)n1. The van der Waals surface area contributed by atoms with Crippen LogP contribution >= 0.6 is 0 Å². The highest BCUT2D eigenvalue weighted by molar-refractivity contribution is 5.43. The minimum absolute atomic E-state index is 0.347. The molecule has 0 radical (unpaired) electrons. The van der Waals surface area contributed by atoms with Gasteiger partial charge in [0.15, 0.2) is 0 Å². The van der Waals surface area contributed by atoms with Gasteiger partial charge in [-0.25, -0.2) is 5.84 Å². The lowest BCUT2D eigenvalue weighted by molar-refractivity contribution is 0.205. The van der Waals surface area contributed by atoms with Crippen molar-refractivity contribution >= 4 is 17.8 Å². The van der Waals surface area contributed by atoms with Crippen LogP contribution in [0.2, 0.25) is 0 Å². The Morgan fingerprint density at radius 2 is 1.89 bits per heavy atom. The molecule has 0 fully saturated rings. The second kappa shape index (κ2) is 6.92. The van der Waals surface area contributed by atoms with Gasteiger partial charge in [0.2, 0.25) is 17.8 Å². The molecule has 1 aromatic heterocycles. The van der Waals surface area contributed by atoms with Gasteiger partial charge < -0.3 is 14.5 Å². The summed E-state index contributed by atoms with van der Waals surface area (Å²) in [6.45, 7) is 4.14. The van der Waals surface area contributed by atoms with Crippen molar-refractivity contribution in [2.75, 3.05) is 56.1 Å². The molecule has 0 bridgehead atoms. The molecule has 0 unspecified atom stereocenters. The van der Waals surface area contributed by atoms with Crippen LogP contribution in [0, 0.1) is 0 Å². The first kappa shape index (κ1) is 14.4. The molecule has 8 heteroatoms. The van der Waals surface area contributed by atoms with Crippen molar-refractivity contribution in [3.05, 3.63) is 0 Å². The van der Waals surface area contributed by atoms with Crippen LogP contribution in [-0.4, -0.2) is 55.9 Å². The fourth-order valence-electron chi connectivity index (χ4n) is 1.36. The van der Waals surface area contributed by atoms with Crippen LogP contribution in [0.25, 0.3) is 0 Å². The van der Waals surface area contributed by atoms with E-state index < -0.39 is 0 Å². The van der Waals surface area contributed by atoms with Crippen LogP contribution in [0.5, 0.6) is 0 Å². The summed E-state index contributed by atoms with van der Waals surface area (Å²) in [5.74, 6) is 6.86. The molecule has 3 N–H and O–H groups in total. The van der Waals surface area contributed by atoms with E-state index in [1.54, 1.807) is 12.0 Å². The number of likely N-dealkylation sites (N-methyl/N-ethyl adjacent to an activating group) is 1. The number of anilines is 3. The van der Waals surface area contributed by atoms with Crippen molar-refractivity contribution in [3.8, 4) is 0 Å². The van der Waals surface area contributed by atoms with Gasteiger partial charge in [0.1, 0.15) is 0 Å². The highest BCUT2D eigenvalue weighted by atomic mass is 16.5. The summed E-state index contributed by atoms with van der Waals surface area (Å²) in [5.41, 5.74) is 2.45. The monoisotopic (exact) mass is 255 g/mol. The lowest BCUT2D eigenvalue weighted by atomic mass is 10.5. The lowest BCUT2D eigenvalue weighted by Gasteiger charge is -2.22. The zero-order valence-corrected chi connectivity index (χ0v) is 11.3. The van der Waals surface area contributed by atoms with Gasteiger partial charge in [-0.3, -0.25) is 5.43 Å². The first-order valence-electron chi connectivity index (χ1n) is 5.76. The standard InChI is InChI=1S/C10H21N7O/c1-5-17(6-7-18-4)10-13-8(15-11)12-9(14-10)16(2)3/h5-7,11H2,1-4H3,(H,12,13,14,15). The topological polar surface area (TPSA) is 92.4 Å². The fraction of sp³-hybridized carbons (Fsp3) is 0.700. The molecule has 0 saturated carbocycles. The van der Waals surface area contributed by atoms with E-state index in [1.165, 1.54) is 0 Å². The Morgan fingerprint density at radius 3 is 2.39 bits per heavy atom. The number of hydrogen-bond acceptors (Lipinski definition) is 8. The average Bonchev–Trinajstić information content (AvgIpc) is 2.39. The van der Waals surface area contributed by atoms with Crippen molar-refractivity contribution in [2.24, 2.45) is 5.84 Å². The molecular formula is C10H21N7O. The van der Waals surface area contributed by atoms with Crippen molar-refractivity contribution < 1.29 is 4.74 Å². The second-order valence-electron chi connectivity index (χ2n) is 3.87. The summed E-state index contributed by atoms with van der Waals surface area (Å²) in [7, 11) is 5.40. The zero-order chi connectivity index (χ0) is 13.5. The quantitative estimate of drug-likeness (QED) is 0.506. The van der Waals surface area contributed by atoms with E-state index in [0.29, 0.717) is 31.0 Å². The smallest absolute Gasteiger partial charge is 0.243 e. The molecule has 0 aromatic carbocycles. The van der Waals surface area contributed by atoms with Crippen LogP contribution in [0.4, 0.5) is 17.8 Å². The predicted molar refractivity (Wildman–Crippen MR) is 71.7 cm³/mol. The number of rotatable bonds is 7. The van der Waals surface area contributed by atoms with Crippen LogP contribution in [0.3, 0.4) is 0 Å².